The molecule has 0 spiro atoms. The summed E-state index contributed by atoms with van der Waals surface area (Å²) in [5.74, 6) is 1.86. The summed E-state index contributed by atoms with van der Waals surface area (Å²) in [5, 5.41) is 0.946. The molecule has 0 radical (unpaired) electrons. The van der Waals surface area contributed by atoms with Gasteiger partial charge in [0.2, 0.25) is 5.58 Å². The summed E-state index contributed by atoms with van der Waals surface area (Å²) in [5.41, 5.74) is 2.05. The first kappa shape index (κ1) is 13.6. The van der Waals surface area contributed by atoms with Gasteiger partial charge < -0.3 is 13.9 Å². The van der Waals surface area contributed by atoms with Gasteiger partial charge in [-0.05, 0) is 43.3 Å². The lowest BCUT2D eigenvalue weighted by Gasteiger charge is -2.06. The van der Waals surface area contributed by atoms with Gasteiger partial charge in [-0.1, -0.05) is 12.1 Å². The van der Waals surface area contributed by atoms with E-state index in [0.717, 1.165) is 22.2 Å². The summed E-state index contributed by atoms with van der Waals surface area (Å²) in [6.07, 6.45) is 1.48. The Morgan fingerprint density at radius 1 is 0.957 bits per heavy atom. The Balaban J connectivity index is 1.73. The average Bonchev–Trinajstić information content (AvgIpc) is 2.97. The monoisotopic (exact) mass is 306 g/mol. The maximum atomic E-state index is 5.85. The molecule has 0 amide bonds. The molecule has 4 aromatic rings. The second kappa shape index (κ2) is 5.61. The highest BCUT2D eigenvalue weighted by Crippen LogP contribution is 2.33. The van der Waals surface area contributed by atoms with E-state index in [2.05, 4.69) is 9.97 Å². The molecule has 0 aliphatic heterocycles. The van der Waals surface area contributed by atoms with E-state index < -0.39 is 0 Å². The first-order valence-electron chi connectivity index (χ1n) is 7.38. The number of para-hydroxylation sites is 1. The molecule has 0 unspecified atom stereocenters. The highest BCUT2D eigenvalue weighted by Gasteiger charge is 2.14. The zero-order chi connectivity index (χ0) is 15.6. The van der Waals surface area contributed by atoms with Crippen molar-refractivity contribution in [2.75, 3.05) is 6.61 Å². The number of ether oxygens (including phenoxy) is 2. The van der Waals surface area contributed by atoms with E-state index in [1.165, 1.54) is 6.33 Å². The zero-order valence-corrected chi connectivity index (χ0v) is 12.5. The number of aromatic nitrogens is 2. The van der Waals surface area contributed by atoms with Gasteiger partial charge in [0.15, 0.2) is 0 Å². The molecule has 23 heavy (non-hydrogen) atoms. The minimum Gasteiger partial charge on any atom is -0.494 e. The average molecular weight is 306 g/mol. The van der Waals surface area contributed by atoms with Crippen molar-refractivity contribution in [1.29, 1.82) is 0 Å². The van der Waals surface area contributed by atoms with Crippen molar-refractivity contribution in [2.24, 2.45) is 0 Å². The van der Waals surface area contributed by atoms with E-state index in [9.17, 15) is 0 Å². The molecule has 2 aromatic carbocycles. The quantitative estimate of drug-likeness (QED) is 0.553. The van der Waals surface area contributed by atoms with Gasteiger partial charge in [0.25, 0.3) is 5.88 Å². The molecule has 0 N–H and O–H groups in total. The van der Waals surface area contributed by atoms with Crippen LogP contribution in [0.4, 0.5) is 0 Å². The van der Waals surface area contributed by atoms with Crippen molar-refractivity contribution < 1.29 is 13.9 Å². The number of nitrogens with zero attached hydrogens (tertiary/aromatic N) is 2. The normalized spacial score (nSPS) is 11.0. The van der Waals surface area contributed by atoms with Gasteiger partial charge in [-0.3, -0.25) is 0 Å². The van der Waals surface area contributed by atoms with Gasteiger partial charge in [-0.25, -0.2) is 4.98 Å². The first-order chi connectivity index (χ1) is 11.3. The summed E-state index contributed by atoms with van der Waals surface area (Å²) in [7, 11) is 0. The van der Waals surface area contributed by atoms with E-state index >= 15 is 0 Å². The Morgan fingerprint density at radius 3 is 2.57 bits per heavy atom. The van der Waals surface area contributed by atoms with Crippen LogP contribution in [0.3, 0.4) is 0 Å². The molecule has 5 nitrogen and oxygen atoms in total. The van der Waals surface area contributed by atoms with Gasteiger partial charge in [0.1, 0.15) is 28.9 Å². The lowest BCUT2D eigenvalue weighted by molar-refractivity contribution is 0.339. The van der Waals surface area contributed by atoms with Crippen LogP contribution in [0.5, 0.6) is 17.4 Å². The SMILES string of the molecule is CCOc1ccc(Oc2ncnc3c2oc2ccccc23)cc1. The van der Waals surface area contributed by atoms with Gasteiger partial charge in [0.05, 0.1) is 6.61 Å². The van der Waals surface area contributed by atoms with Gasteiger partial charge in [-0.2, -0.15) is 4.98 Å². The number of fused-ring (bicyclic) bond motifs is 3. The summed E-state index contributed by atoms with van der Waals surface area (Å²) < 4.78 is 17.1. The second-order valence-electron chi connectivity index (χ2n) is 4.96. The lowest BCUT2D eigenvalue weighted by Crippen LogP contribution is -1.92. The molecule has 0 aliphatic rings. The molecule has 0 atom stereocenters. The molecule has 4 rings (SSSR count). The van der Waals surface area contributed by atoms with Crippen molar-refractivity contribution in [3.8, 4) is 17.4 Å². The largest absolute Gasteiger partial charge is 0.494 e. The van der Waals surface area contributed by atoms with Gasteiger partial charge in [0, 0.05) is 5.39 Å². The first-order valence-corrected chi connectivity index (χ1v) is 7.38. The molecular formula is C18H14N2O3. The molecule has 2 aromatic heterocycles. The van der Waals surface area contributed by atoms with Crippen LogP contribution in [0.15, 0.2) is 59.3 Å². The Hall–Kier alpha value is -3.08. The van der Waals surface area contributed by atoms with Crippen LogP contribution in [0.25, 0.3) is 22.1 Å². The summed E-state index contributed by atoms with van der Waals surface area (Å²) in [6.45, 7) is 2.58. The van der Waals surface area contributed by atoms with Crippen molar-refractivity contribution in [3.05, 3.63) is 54.9 Å². The molecule has 5 heteroatoms. The Kier molecular flexibility index (Phi) is 3.31. The molecular weight excluding hydrogens is 292 g/mol. The van der Waals surface area contributed by atoms with Gasteiger partial charge in [-0.15, -0.1) is 0 Å². The van der Waals surface area contributed by atoms with E-state index in [4.69, 9.17) is 13.9 Å². The molecule has 0 aliphatic carbocycles. The minimum atomic E-state index is 0.398. The summed E-state index contributed by atoms with van der Waals surface area (Å²) >= 11 is 0. The fourth-order valence-corrected chi connectivity index (χ4v) is 2.46. The molecule has 114 valence electrons. The van der Waals surface area contributed by atoms with Crippen molar-refractivity contribution in [2.45, 2.75) is 6.92 Å². The number of hydrogen-bond acceptors (Lipinski definition) is 5. The Labute approximate surface area is 132 Å². The molecule has 0 fully saturated rings. The third-order valence-electron chi connectivity index (χ3n) is 3.47. The number of benzene rings is 2. The topological polar surface area (TPSA) is 57.4 Å². The van der Waals surface area contributed by atoms with E-state index in [1.807, 2.05) is 55.5 Å². The van der Waals surface area contributed by atoms with Crippen LogP contribution in [0.2, 0.25) is 0 Å². The van der Waals surface area contributed by atoms with Gasteiger partial charge >= 0.3 is 0 Å². The van der Waals surface area contributed by atoms with E-state index in [1.54, 1.807) is 0 Å². The smallest absolute Gasteiger partial charge is 0.267 e. The second-order valence-corrected chi connectivity index (χ2v) is 4.96. The highest BCUT2D eigenvalue weighted by atomic mass is 16.5. The maximum Gasteiger partial charge on any atom is 0.267 e. The molecule has 0 saturated heterocycles. The number of hydrogen-bond donors (Lipinski definition) is 0. The van der Waals surface area contributed by atoms with E-state index in [-0.39, 0.29) is 0 Å². The molecule has 0 bridgehead atoms. The number of rotatable bonds is 4. The summed E-state index contributed by atoms with van der Waals surface area (Å²) in [6, 6.07) is 15.1. The van der Waals surface area contributed by atoms with E-state index in [0.29, 0.717) is 23.8 Å². The molecule has 2 heterocycles. The van der Waals surface area contributed by atoms with Crippen LogP contribution in [0.1, 0.15) is 6.92 Å². The van der Waals surface area contributed by atoms with Crippen LogP contribution in [-0.4, -0.2) is 16.6 Å². The highest BCUT2D eigenvalue weighted by molar-refractivity contribution is 6.03. The fraction of sp³-hybridized carbons (Fsp3) is 0.111. The third kappa shape index (κ3) is 2.46. The minimum absolute atomic E-state index is 0.398. The van der Waals surface area contributed by atoms with Crippen molar-refractivity contribution in [1.82, 2.24) is 9.97 Å². The van der Waals surface area contributed by atoms with Crippen molar-refractivity contribution in [3.63, 3.8) is 0 Å². The third-order valence-corrected chi connectivity index (χ3v) is 3.47. The fourth-order valence-electron chi connectivity index (χ4n) is 2.46. The summed E-state index contributed by atoms with van der Waals surface area (Å²) in [4.78, 5) is 8.50. The number of furan rings is 1. The van der Waals surface area contributed by atoms with Crippen LogP contribution in [0, 0.1) is 0 Å². The zero-order valence-electron chi connectivity index (χ0n) is 12.5. The Bertz CT molecular complexity index is 961. The van der Waals surface area contributed by atoms with Crippen LogP contribution in [-0.2, 0) is 0 Å². The maximum absolute atomic E-state index is 5.85. The Morgan fingerprint density at radius 2 is 1.74 bits per heavy atom. The van der Waals surface area contributed by atoms with Crippen LogP contribution >= 0.6 is 0 Å². The predicted octanol–water partition coefficient (Wildman–Crippen LogP) is 4.57. The predicted molar refractivity (Wildman–Crippen MR) is 87.0 cm³/mol. The standard InChI is InChI=1S/C18H14N2O3/c1-2-21-12-7-9-13(10-8-12)22-18-17-16(19-11-20-18)14-5-3-4-6-15(14)23-17/h3-11H,2H2,1H3. The molecule has 0 saturated carbocycles. The van der Waals surface area contributed by atoms with Crippen LogP contribution < -0.4 is 9.47 Å². The van der Waals surface area contributed by atoms with Crippen molar-refractivity contribution >= 4 is 22.1 Å². The lowest BCUT2D eigenvalue weighted by atomic mass is 10.2.